The molecule has 0 aliphatic carbocycles. The summed E-state index contributed by atoms with van der Waals surface area (Å²) in [6.07, 6.45) is 0. The summed E-state index contributed by atoms with van der Waals surface area (Å²) in [4.78, 5) is 0. The van der Waals surface area contributed by atoms with Crippen molar-refractivity contribution in [3.8, 4) is 39.8 Å². The number of phenolic OH excluding ortho intramolecular Hbond substituents is 1. The number of phenols is 1. The first kappa shape index (κ1) is 38.2. The molecule has 0 bridgehead atoms. The topological polar surface area (TPSA) is 39.3 Å². The first-order chi connectivity index (χ1) is 32.6. The number of rotatable bonds is 7. The molecule has 0 saturated heterocycles. The van der Waals surface area contributed by atoms with E-state index >= 15 is 0 Å². The van der Waals surface area contributed by atoms with Gasteiger partial charge in [0.25, 0.3) is 0 Å². The molecule has 1 aliphatic rings. The van der Waals surface area contributed by atoms with E-state index in [0.717, 1.165) is 72.2 Å². The Morgan fingerprint density at radius 3 is 1.26 bits per heavy atom. The summed E-state index contributed by atoms with van der Waals surface area (Å²) in [5.74, 6) is 1.73. The lowest BCUT2D eigenvalue weighted by Gasteiger charge is -2.36. The Bertz CT molecular complexity index is 3640. The van der Waals surface area contributed by atoms with Crippen LogP contribution < -0.4 is 36.4 Å². The van der Waals surface area contributed by atoms with Gasteiger partial charge in [0, 0.05) is 50.6 Å². The van der Waals surface area contributed by atoms with Gasteiger partial charge < -0.3 is 19.0 Å². The highest BCUT2D eigenvalue weighted by molar-refractivity contribution is 7.20. The molecule has 0 spiro atoms. The average molecular weight is 860 g/mol. The molecule has 0 saturated carbocycles. The third-order valence-corrected chi connectivity index (χ3v) is 18.4. The number of hydrogen-bond donors (Lipinski definition) is 1. The number of fused-ring (bicyclic) bond motifs is 8. The summed E-state index contributed by atoms with van der Waals surface area (Å²) in [6, 6.07) is 84.3. The van der Waals surface area contributed by atoms with Gasteiger partial charge in [-0.2, -0.15) is 0 Å². The number of ether oxygens (including phenoxy) is 1. The van der Waals surface area contributed by atoms with Crippen LogP contribution in [-0.2, 0) is 0 Å². The standard InChI is InChI=1S/C60H40BN2O2Si/c64-57-36-40(62-53-28-14-10-24-46(53)47-25-11-15-29-54(47)62)32-34-50(57)51-38-45(66(42-18-4-1-5-19-42,43-20-6-2-7-21-43)44-22-8-3-9-23-44)39-59-60(51)61-52-35-33-41(37-58(52)65-59)63-55-30-16-12-26-48(55)49-27-13-17-31-56(49)63/h1-39,64H. The maximum absolute atomic E-state index is 12.5. The molecule has 1 N–H and O–H groups in total. The molecule has 0 unspecified atom stereocenters. The number of aromatic hydroxyl groups is 1. The van der Waals surface area contributed by atoms with Crippen molar-refractivity contribution in [1.29, 1.82) is 0 Å². The van der Waals surface area contributed by atoms with Crippen molar-refractivity contribution in [1.82, 2.24) is 9.13 Å². The predicted molar refractivity (Wildman–Crippen MR) is 277 cm³/mol. The second kappa shape index (κ2) is 15.2. The fraction of sp³-hybridized carbons (Fsp3) is 0. The second-order valence-corrected chi connectivity index (χ2v) is 21.0. The fourth-order valence-corrected chi connectivity index (χ4v) is 15.6. The van der Waals surface area contributed by atoms with E-state index in [9.17, 15) is 5.11 Å². The van der Waals surface area contributed by atoms with Crippen LogP contribution in [0.25, 0.3) is 66.1 Å². The minimum Gasteiger partial charge on any atom is -0.507 e. The summed E-state index contributed by atoms with van der Waals surface area (Å²) < 4.78 is 11.8. The van der Waals surface area contributed by atoms with Crippen molar-refractivity contribution in [2.24, 2.45) is 0 Å². The first-order valence-corrected chi connectivity index (χ1v) is 24.5. The maximum Gasteiger partial charge on any atom is 0.202 e. The predicted octanol–water partition coefficient (Wildman–Crippen LogP) is 10.4. The van der Waals surface area contributed by atoms with Crippen LogP contribution in [-0.4, -0.2) is 29.6 Å². The van der Waals surface area contributed by atoms with Gasteiger partial charge in [-0.25, -0.2) is 0 Å². The van der Waals surface area contributed by atoms with Crippen LogP contribution in [0.4, 0.5) is 0 Å². The molecule has 3 heterocycles. The Morgan fingerprint density at radius 1 is 0.364 bits per heavy atom. The smallest absolute Gasteiger partial charge is 0.202 e. The number of para-hydroxylation sites is 4. The highest BCUT2D eigenvalue weighted by atomic mass is 28.3. The van der Waals surface area contributed by atoms with Crippen LogP contribution in [0.5, 0.6) is 17.2 Å². The van der Waals surface area contributed by atoms with E-state index in [1.54, 1.807) is 0 Å². The zero-order valence-corrected chi connectivity index (χ0v) is 36.8. The summed E-state index contributed by atoms with van der Waals surface area (Å²) >= 11 is 0. The van der Waals surface area contributed by atoms with Gasteiger partial charge in [-0.3, -0.25) is 0 Å². The molecule has 1 radical (unpaired) electrons. The largest absolute Gasteiger partial charge is 0.507 e. The summed E-state index contributed by atoms with van der Waals surface area (Å²) in [5.41, 5.74) is 9.93. The Labute approximate surface area is 384 Å². The zero-order valence-electron chi connectivity index (χ0n) is 35.8. The quantitative estimate of drug-likeness (QED) is 0.128. The van der Waals surface area contributed by atoms with E-state index in [1.807, 2.05) is 6.07 Å². The highest BCUT2D eigenvalue weighted by Crippen LogP contribution is 2.39. The monoisotopic (exact) mass is 859 g/mol. The van der Waals surface area contributed by atoms with E-state index in [4.69, 9.17) is 4.74 Å². The van der Waals surface area contributed by atoms with E-state index in [0.29, 0.717) is 0 Å². The molecule has 66 heavy (non-hydrogen) atoms. The van der Waals surface area contributed by atoms with Crippen LogP contribution in [0.2, 0.25) is 0 Å². The van der Waals surface area contributed by atoms with Crippen LogP contribution in [0.1, 0.15) is 0 Å². The molecular formula is C60H40BN2O2Si. The van der Waals surface area contributed by atoms with Crippen molar-refractivity contribution in [2.75, 3.05) is 0 Å². The van der Waals surface area contributed by atoms with Gasteiger partial charge in [-0.15, -0.1) is 0 Å². The molecular weight excluding hydrogens is 820 g/mol. The summed E-state index contributed by atoms with van der Waals surface area (Å²) in [6.45, 7) is 0. The van der Waals surface area contributed by atoms with Crippen molar-refractivity contribution >= 4 is 90.6 Å². The van der Waals surface area contributed by atoms with Crippen molar-refractivity contribution in [2.45, 2.75) is 0 Å². The number of benzene rings is 10. The van der Waals surface area contributed by atoms with Gasteiger partial charge in [0.2, 0.25) is 7.28 Å². The minimum absolute atomic E-state index is 0.195. The number of aromatic nitrogens is 2. The highest BCUT2D eigenvalue weighted by Gasteiger charge is 2.43. The zero-order chi connectivity index (χ0) is 43.8. The Balaban J connectivity index is 1.05. The molecule has 12 aromatic rings. The molecule has 4 nitrogen and oxygen atoms in total. The maximum atomic E-state index is 12.5. The lowest BCUT2D eigenvalue weighted by Crippen LogP contribution is -2.74. The average Bonchev–Trinajstić information content (AvgIpc) is 3.90. The third-order valence-electron chi connectivity index (χ3n) is 13.7. The molecule has 6 heteroatoms. The first-order valence-electron chi connectivity index (χ1n) is 22.5. The van der Waals surface area contributed by atoms with Crippen molar-refractivity contribution in [3.63, 3.8) is 0 Å². The molecule has 1 aliphatic heterocycles. The van der Waals surface area contributed by atoms with Gasteiger partial charge >= 0.3 is 0 Å². The summed E-state index contributed by atoms with van der Waals surface area (Å²) in [7, 11) is -0.811. The van der Waals surface area contributed by atoms with Crippen LogP contribution in [0.3, 0.4) is 0 Å². The normalized spacial score (nSPS) is 12.2. The van der Waals surface area contributed by atoms with E-state index in [-0.39, 0.29) is 5.75 Å². The van der Waals surface area contributed by atoms with Gasteiger partial charge in [-0.05, 0) is 85.8 Å². The lowest BCUT2D eigenvalue weighted by atomic mass is 9.60. The number of nitrogens with zero attached hydrogens (tertiary/aromatic N) is 2. The number of hydrogen-bond acceptors (Lipinski definition) is 2. The third kappa shape index (κ3) is 5.78. The van der Waals surface area contributed by atoms with Crippen molar-refractivity contribution < 1.29 is 9.84 Å². The lowest BCUT2D eigenvalue weighted by molar-refractivity contribution is 0.477. The van der Waals surface area contributed by atoms with E-state index < -0.39 is 8.07 Å². The molecule has 309 valence electrons. The second-order valence-electron chi connectivity index (χ2n) is 17.2. The van der Waals surface area contributed by atoms with Crippen LogP contribution in [0.15, 0.2) is 237 Å². The molecule has 13 rings (SSSR count). The van der Waals surface area contributed by atoms with Gasteiger partial charge in [0.1, 0.15) is 17.2 Å². The SMILES string of the molecule is Oc1cc(-n2c3ccccc3c3ccccc32)ccc1-c1cc([Si](c2ccccc2)(c2ccccc2)c2ccccc2)cc2c1[B]c1ccc(-n3c4ccccc4c4ccccc43)cc1O2. The minimum atomic E-state index is -3.05. The summed E-state index contributed by atoms with van der Waals surface area (Å²) in [5, 5.41) is 22.2. The fourth-order valence-electron chi connectivity index (χ4n) is 10.8. The molecule has 0 atom stereocenters. The Hall–Kier alpha value is -8.32. The molecule has 0 amide bonds. The van der Waals surface area contributed by atoms with Crippen LogP contribution >= 0.6 is 0 Å². The Kier molecular flexibility index (Phi) is 8.76. The van der Waals surface area contributed by atoms with Gasteiger partial charge in [-0.1, -0.05) is 176 Å². The molecule has 10 aromatic carbocycles. The van der Waals surface area contributed by atoms with Crippen LogP contribution in [0, 0.1) is 0 Å². The molecule has 2 aromatic heterocycles. The Morgan fingerprint density at radius 2 is 0.788 bits per heavy atom. The van der Waals surface area contributed by atoms with Gasteiger partial charge in [0.05, 0.1) is 22.1 Å². The van der Waals surface area contributed by atoms with Crippen molar-refractivity contribution in [3.05, 3.63) is 237 Å². The van der Waals surface area contributed by atoms with Gasteiger partial charge in [0.15, 0.2) is 8.07 Å². The van der Waals surface area contributed by atoms with E-state index in [1.165, 1.54) is 37.1 Å². The molecule has 0 fully saturated rings. The van der Waals surface area contributed by atoms with E-state index in [2.05, 4.69) is 247 Å².